The Bertz CT molecular complexity index is 1640. The topological polar surface area (TPSA) is 307 Å². The summed E-state index contributed by atoms with van der Waals surface area (Å²) in [4.78, 5) is 0. The maximum Gasteiger partial charge on any atom is 0.187 e. The molecule has 0 aromatic carbocycles. The summed E-state index contributed by atoms with van der Waals surface area (Å²) in [5, 5.41) is 127. The number of fused-ring (bicyclic) bond motifs is 7. The minimum absolute atomic E-state index is 0.0594. The van der Waals surface area contributed by atoms with Crippen LogP contribution in [-0.2, 0) is 33.2 Å². The number of allylic oxidation sites excluding steroid dienone is 1. The van der Waals surface area contributed by atoms with Gasteiger partial charge in [0.25, 0.3) is 0 Å². The Morgan fingerprint density at radius 1 is 0.750 bits per heavy atom. The molecule has 27 atom stereocenters. The van der Waals surface area contributed by atoms with Crippen LogP contribution in [0.25, 0.3) is 0 Å². The van der Waals surface area contributed by atoms with Gasteiger partial charge in [0.1, 0.15) is 67.1 Å². The molecule has 0 unspecified atom stereocenters. The van der Waals surface area contributed by atoms with Gasteiger partial charge in [-0.05, 0) is 80.5 Å². The van der Waals surface area contributed by atoms with Gasteiger partial charge in [-0.25, -0.2) is 0 Å². The molecule has 12 N–H and O–H groups in total. The Kier molecular flexibility index (Phi) is 14.4. The zero-order valence-electron chi connectivity index (χ0n) is 37.4. The summed E-state index contributed by atoms with van der Waals surface area (Å²) in [6.07, 6.45) is -15.6. The van der Waals surface area contributed by atoms with Gasteiger partial charge in [0.2, 0.25) is 0 Å². The fourth-order valence-corrected chi connectivity index (χ4v) is 13.6. The molecule has 4 aliphatic carbocycles. The lowest BCUT2D eigenvalue weighted by atomic mass is 9.46. The smallest absolute Gasteiger partial charge is 0.187 e. The van der Waals surface area contributed by atoms with Crippen LogP contribution in [0.4, 0.5) is 0 Å². The quantitative estimate of drug-likeness (QED) is 0.0956. The van der Waals surface area contributed by atoms with Crippen LogP contribution < -0.4 is 0 Å². The van der Waals surface area contributed by atoms with Gasteiger partial charge in [-0.3, -0.25) is 0 Å². The third-order valence-corrected chi connectivity index (χ3v) is 17.4. The molecule has 7 fully saturated rings. The first-order valence-electron chi connectivity index (χ1n) is 23.5. The van der Waals surface area contributed by atoms with Gasteiger partial charge in [0.15, 0.2) is 24.7 Å². The number of ether oxygens (including phenoxy) is 7. The first-order chi connectivity index (χ1) is 30.2. The summed E-state index contributed by atoms with van der Waals surface area (Å²) in [6, 6.07) is 0. The third-order valence-electron chi connectivity index (χ3n) is 17.4. The lowest BCUT2D eigenvalue weighted by Gasteiger charge is -2.60. The predicted molar refractivity (Wildman–Crippen MR) is 219 cm³/mol. The van der Waals surface area contributed by atoms with Gasteiger partial charge < -0.3 is 94.4 Å². The van der Waals surface area contributed by atoms with E-state index < -0.39 is 129 Å². The minimum Gasteiger partial charge on any atom is -0.394 e. The molecule has 19 nitrogen and oxygen atoms in total. The predicted octanol–water partition coefficient (Wildman–Crippen LogP) is -1.86. The molecule has 368 valence electrons. The zero-order valence-corrected chi connectivity index (χ0v) is 37.4. The van der Waals surface area contributed by atoms with Gasteiger partial charge >= 0.3 is 0 Å². The van der Waals surface area contributed by atoms with Crippen molar-refractivity contribution in [3.8, 4) is 0 Å². The molecule has 4 saturated heterocycles. The van der Waals surface area contributed by atoms with E-state index in [4.69, 9.17) is 33.2 Å². The highest BCUT2D eigenvalue weighted by molar-refractivity contribution is 5.28. The molecule has 8 aliphatic rings. The number of rotatable bonds is 12. The van der Waals surface area contributed by atoms with Crippen molar-refractivity contribution in [2.45, 2.75) is 202 Å². The Labute approximate surface area is 373 Å². The van der Waals surface area contributed by atoms with Gasteiger partial charge in [-0.1, -0.05) is 39.3 Å². The molecule has 0 radical (unpaired) electrons. The standard InChI is InChI=1S/C45H74O19/c1-18(17-58-42-39(36(54)33(51)28(16-47)61-42)63-40-37(55)34(52)31(49)20(3)59-40)8-11-45(57)19(2)30-26(64-45)14-25-23-7-6-21-12-22(48)13-29(44(21,5)24(23)9-10-43(25,30)4)62-41-38(56)35(53)32(50)27(15-46)60-41/h6,18-20,22-42,46-57H,7-17H2,1-5H3/t18-,19+,20+,22-,23-,24+,25+,26+,27-,28-,29-,30+,31+,32-,33-,34-,35+,36+,37-,38-,39-,40+,41+,42-,43+,44+,45+/m1/s1. The molecule has 4 aliphatic heterocycles. The number of hydrogen-bond donors (Lipinski definition) is 12. The number of aliphatic hydroxyl groups excluding tert-OH is 11. The largest absolute Gasteiger partial charge is 0.394 e. The lowest BCUT2D eigenvalue weighted by molar-refractivity contribution is -0.365. The van der Waals surface area contributed by atoms with Gasteiger partial charge in [0, 0.05) is 24.2 Å². The minimum atomic E-state index is -1.69. The molecule has 64 heavy (non-hydrogen) atoms. The lowest BCUT2D eigenvalue weighted by Crippen LogP contribution is -2.64. The van der Waals surface area contributed by atoms with Crippen molar-refractivity contribution in [1.82, 2.24) is 0 Å². The second-order valence-corrected chi connectivity index (χ2v) is 21.1. The summed E-state index contributed by atoms with van der Waals surface area (Å²) in [7, 11) is 0. The van der Waals surface area contributed by atoms with Crippen LogP contribution >= 0.6 is 0 Å². The second-order valence-electron chi connectivity index (χ2n) is 21.1. The number of hydrogen-bond acceptors (Lipinski definition) is 19. The molecule has 3 saturated carbocycles. The van der Waals surface area contributed by atoms with E-state index in [9.17, 15) is 61.3 Å². The van der Waals surface area contributed by atoms with Crippen LogP contribution in [0.5, 0.6) is 0 Å². The van der Waals surface area contributed by atoms with Crippen LogP contribution in [0.15, 0.2) is 11.6 Å². The fraction of sp³-hybridized carbons (Fsp3) is 0.956. The van der Waals surface area contributed by atoms with Crippen LogP contribution in [0, 0.1) is 46.3 Å². The van der Waals surface area contributed by atoms with Crippen LogP contribution in [0.2, 0.25) is 0 Å². The van der Waals surface area contributed by atoms with Crippen LogP contribution in [0.3, 0.4) is 0 Å². The summed E-state index contributed by atoms with van der Waals surface area (Å²) in [5.41, 5.74) is 0.442. The molecule has 8 rings (SSSR count). The highest BCUT2D eigenvalue weighted by atomic mass is 16.8. The normalized spacial score (nSPS) is 55.5. The monoisotopic (exact) mass is 918 g/mol. The Balaban J connectivity index is 0.904. The highest BCUT2D eigenvalue weighted by Crippen LogP contribution is 2.70. The molecule has 0 bridgehead atoms. The van der Waals surface area contributed by atoms with Crippen molar-refractivity contribution in [3.63, 3.8) is 0 Å². The van der Waals surface area contributed by atoms with E-state index >= 15 is 0 Å². The Morgan fingerprint density at radius 3 is 2.05 bits per heavy atom. The first kappa shape index (κ1) is 49.4. The third kappa shape index (κ3) is 8.36. The van der Waals surface area contributed by atoms with E-state index in [0.29, 0.717) is 25.7 Å². The van der Waals surface area contributed by atoms with Crippen molar-refractivity contribution < 1.29 is 94.4 Å². The first-order valence-corrected chi connectivity index (χ1v) is 23.5. The van der Waals surface area contributed by atoms with E-state index in [-0.39, 0.29) is 53.6 Å². The van der Waals surface area contributed by atoms with E-state index in [1.54, 1.807) is 0 Å². The summed E-state index contributed by atoms with van der Waals surface area (Å²) < 4.78 is 42.3. The zero-order chi connectivity index (χ0) is 46.4. The van der Waals surface area contributed by atoms with Gasteiger partial charge in [-0.15, -0.1) is 0 Å². The van der Waals surface area contributed by atoms with E-state index in [0.717, 1.165) is 31.3 Å². The average molecular weight is 919 g/mol. The van der Waals surface area contributed by atoms with Crippen LogP contribution in [0.1, 0.15) is 86.0 Å². The van der Waals surface area contributed by atoms with Crippen LogP contribution in [-0.4, -0.2) is 197 Å². The summed E-state index contributed by atoms with van der Waals surface area (Å²) in [5.74, 6) is -1.01. The molecule has 0 amide bonds. The average Bonchev–Trinajstić information content (AvgIpc) is 3.70. The molecular weight excluding hydrogens is 844 g/mol. The maximum absolute atomic E-state index is 12.2. The van der Waals surface area contributed by atoms with Crippen molar-refractivity contribution in [2.24, 2.45) is 46.3 Å². The van der Waals surface area contributed by atoms with Crippen molar-refractivity contribution in [1.29, 1.82) is 0 Å². The van der Waals surface area contributed by atoms with E-state index in [1.165, 1.54) is 6.92 Å². The van der Waals surface area contributed by atoms with Crippen molar-refractivity contribution in [2.75, 3.05) is 19.8 Å². The SMILES string of the molecule is C[C@H](CC[C@]1(O)O[C@H]2C[C@H]3[C@@H]4CC=C5C[C@@H](O)C[C@@H](O[C@@H]6O[C@H](CO)[C@@H](O)[C@H](O)[C@H]6O)[C@]5(C)[C@H]4CC[C@]3(C)[C@H]2[C@@H]1C)CO[C@@H]1O[C@H](CO)[C@@H](O)[C@H](O)[C@H]1O[C@@H]1O[C@@H](C)[C@H](O)[C@@H](O)[C@H]1O. The van der Waals surface area contributed by atoms with Crippen molar-refractivity contribution in [3.05, 3.63) is 11.6 Å². The maximum atomic E-state index is 12.2. The summed E-state index contributed by atoms with van der Waals surface area (Å²) >= 11 is 0. The van der Waals surface area contributed by atoms with Gasteiger partial charge in [0.05, 0.1) is 44.2 Å². The Morgan fingerprint density at radius 2 is 1.38 bits per heavy atom. The summed E-state index contributed by atoms with van der Waals surface area (Å²) in [6.45, 7) is 8.84. The molecule has 0 aromatic rings. The van der Waals surface area contributed by atoms with Gasteiger partial charge in [-0.2, -0.15) is 0 Å². The van der Waals surface area contributed by atoms with Crippen molar-refractivity contribution >= 4 is 0 Å². The molecule has 4 heterocycles. The highest BCUT2D eigenvalue weighted by Gasteiger charge is 2.69. The van der Waals surface area contributed by atoms with E-state index in [2.05, 4.69) is 26.8 Å². The molecule has 0 spiro atoms. The second kappa shape index (κ2) is 18.7. The fourth-order valence-electron chi connectivity index (χ4n) is 13.6. The Hall–Kier alpha value is -1.02. The van der Waals surface area contributed by atoms with E-state index in [1.807, 2.05) is 6.92 Å². The molecule has 19 heteroatoms. The molecular formula is C45H74O19. The number of aliphatic hydroxyl groups is 12. The molecule has 0 aromatic heterocycles.